The molecule has 0 spiro atoms. The number of hydrogen-bond acceptors (Lipinski definition) is 2. The highest BCUT2D eigenvalue weighted by atomic mass is 79.9. The van der Waals surface area contributed by atoms with Crippen LogP contribution in [0.4, 0.5) is 24.7 Å². The van der Waals surface area contributed by atoms with Crippen molar-refractivity contribution in [3.63, 3.8) is 0 Å². The van der Waals surface area contributed by atoms with Gasteiger partial charge in [0.1, 0.15) is 17.3 Å². The molecular weight excluding hydrogens is 419 g/mol. The van der Waals surface area contributed by atoms with Gasteiger partial charge in [-0.05, 0) is 31.2 Å². The van der Waals surface area contributed by atoms with E-state index in [0.717, 1.165) is 12.1 Å². The highest BCUT2D eigenvalue weighted by Gasteiger charge is 2.20. The minimum atomic E-state index is -0.826. The Morgan fingerprint density at radius 2 is 1.76 bits per heavy atom. The molecule has 0 aliphatic heterocycles. The van der Waals surface area contributed by atoms with Crippen LogP contribution in [0.3, 0.4) is 0 Å². The number of aryl methyl sites for hydroxylation is 2. The smallest absolute Gasteiger partial charge is 0.151 e. The summed E-state index contributed by atoms with van der Waals surface area (Å²) in [4.78, 5) is 0. The van der Waals surface area contributed by atoms with Gasteiger partial charge in [0.2, 0.25) is 0 Å². The Morgan fingerprint density at radius 3 is 2.36 bits per heavy atom. The van der Waals surface area contributed by atoms with Gasteiger partial charge in [-0.3, -0.25) is 4.68 Å². The van der Waals surface area contributed by atoms with Crippen LogP contribution in [0, 0.1) is 24.4 Å². The molecule has 1 aromatic heterocycles. The molecule has 0 bridgehead atoms. The summed E-state index contributed by atoms with van der Waals surface area (Å²) < 4.78 is 43.6. The molecule has 3 aromatic rings. The van der Waals surface area contributed by atoms with Gasteiger partial charge in [-0.2, -0.15) is 5.10 Å². The van der Waals surface area contributed by atoms with Crippen LogP contribution in [0.1, 0.15) is 5.69 Å². The molecule has 3 rings (SSSR count). The summed E-state index contributed by atoms with van der Waals surface area (Å²) >= 11 is 8.97. The van der Waals surface area contributed by atoms with E-state index in [-0.39, 0.29) is 10.7 Å². The molecule has 0 unspecified atom stereocenters. The lowest BCUT2D eigenvalue weighted by Crippen LogP contribution is -2.04. The van der Waals surface area contributed by atoms with E-state index in [4.69, 9.17) is 11.6 Å². The van der Waals surface area contributed by atoms with E-state index in [0.29, 0.717) is 27.1 Å². The molecule has 0 saturated heterocycles. The van der Waals surface area contributed by atoms with Gasteiger partial charge in [0.05, 0.1) is 5.69 Å². The normalized spacial score (nSPS) is 11.0. The predicted molar refractivity (Wildman–Crippen MR) is 95.7 cm³/mol. The van der Waals surface area contributed by atoms with Crippen molar-refractivity contribution in [2.75, 3.05) is 5.32 Å². The van der Waals surface area contributed by atoms with Crippen LogP contribution < -0.4 is 5.32 Å². The molecule has 0 aliphatic carbocycles. The summed E-state index contributed by atoms with van der Waals surface area (Å²) in [6, 6.07) is 6.23. The molecule has 25 heavy (non-hydrogen) atoms. The summed E-state index contributed by atoms with van der Waals surface area (Å²) in [5, 5.41) is 7.00. The maximum absolute atomic E-state index is 14.1. The topological polar surface area (TPSA) is 29.9 Å². The van der Waals surface area contributed by atoms with Gasteiger partial charge in [-0.25, -0.2) is 13.2 Å². The first kappa shape index (κ1) is 17.8. The summed E-state index contributed by atoms with van der Waals surface area (Å²) in [6.07, 6.45) is 0. The first-order chi connectivity index (χ1) is 11.8. The van der Waals surface area contributed by atoms with E-state index in [9.17, 15) is 13.2 Å². The summed E-state index contributed by atoms with van der Waals surface area (Å²) in [7, 11) is 1.64. The van der Waals surface area contributed by atoms with Gasteiger partial charge in [-0.15, -0.1) is 0 Å². The Bertz CT molecular complexity index is 949. The van der Waals surface area contributed by atoms with Crippen molar-refractivity contribution in [2.24, 2.45) is 7.05 Å². The third kappa shape index (κ3) is 3.39. The van der Waals surface area contributed by atoms with Gasteiger partial charge in [0, 0.05) is 27.7 Å². The van der Waals surface area contributed by atoms with Gasteiger partial charge in [0.15, 0.2) is 11.6 Å². The minimum absolute atomic E-state index is 0.0387. The van der Waals surface area contributed by atoms with Crippen molar-refractivity contribution in [3.8, 4) is 11.1 Å². The van der Waals surface area contributed by atoms with E-state index < -0.39 is 17.5 Å². The molecule has 3 nitrogen and oxygen atoms in total. The van der Waals surface area contributed by atoms with Gasteiger partial charge < -0.3 is 5.32 Å². The molecule has 1 heterocycles. The molecule has 8 heteroatoms. The van der Waals surface area contributed by atoms with Crippen molar-refractivity contribution in [3.05, 3.63) is 63.0 Å². The zero-order valence-corrected chi connectivity index (χ0v) is 15.5. The lowest BCUT2D eigenvalue weighted by Gasteiger charge is -2.13. The Morgan fingerprint density at radius 1 is 1.12 bits per heavy atom. The second-order valence-electron chi connectivity index (χ2n) is 5.43. The van der Waals surface area contributed by atoms with Gasteiger partial charge in [-0.1, -0.05) is 33.6 Å². The number of anilines is 2. The van der Waals surface area contributed by atoms with E-state index in [1.807, 2.05) is 0 Å². The molecule has 2 aromatic carbocycles. The molecule has 130 valence electrons. The number of hydrogen-bond donors (Lipinski definition) is 1. The Kier molecular flexibility index (Phi) is 4.79. The zero-order valence-electron chi connectivity index (χ0n) is 13.2. The predicted octanol–water partition coefficient (Wildman–Crippen LogP) is 5.97. The lowest BCUT2D eigenvalue weighted by atomic mass is 10.1. The summed E-state index contributed by atoms with van der Waals surface area (Å²) in [5.41, 5.74) is 1.52. The maximum Gasteiger partial charge on any atom is 0.151 e. The minimum Gasteiger partial charge on any atom is -0.335 e. The third-order valence-corrected chi connectivity index (χ3v) is 4.55. The highest BCUT2D eigenvalue weighted by Crippen LogP contribution is 2.38. The van der Waals surface area contributed by atoms with Crippen LogP contribution in [0.5, 0.6) is 0 Å². The van der Waals surface area contributed by atoms with Crippen LogP contribution in [0.25, 0.3) is 11.1 Å². The lowest BCUT2D eigenvalue weighted by molar-refractivity contribution is 0.590. The number of benzene rings is 2. The first-order valence-corrected chi connectivity index (χ1v) is 8.35. The summed E-state index contributed by atoms with van der Waals surface area (Å²) in [5.74, 6) is -1.69. The van der Waals surface area contributed by atoms with E-state index >= 15 is 0 Å². The molecule has 0 fully saturated rings. The summed E-state index contributed by atoms with van der Waals surface area (Å²) in [6.45, 7) is 1.75. The maximum atomic E-state index is 14.1. The van der Waals surface area contributed by atoms with Crippen molar-refractivity contribution in [2.45, 2.75) is 6.92 Å². The number of nitrogens with one attached hydrogen (secondary N) is 1. The number of rotatable bonds is 3. The quantitative estimate of drug-likeness (QED) is 0.554. The standard InChI is InChI=1S/C17H12BrClF3N3/c1-8-15(11-4-3-10(20)7-12(11)18)17(25(2)24-8)23-16-13(21)5-9(19)6-14(16)22/h3-7,23H,1-2H3. The van der Waals surface area contributed by atoms with Crippen molar-refractivity contribution >= 4 is 39.0 Å². The first-order valence-electron chi connectivity index (χ1n) is 7.18. The van der Waals surface area contributed by atoms with Gasteiger partial charge >= 0.3 is 0 Å². The number of halogens is 5. The molecule has 0 saturated carbocycles. The second kappa shape index (κ2) is 6.72. The van der Waals surface area contributed by atoms with E-state index in [1.165, 1.54) is 16.8 Å². The SMILES string of the molecule is Cc1nn(C)c(Nc2c(F)cc(Cl)cc2F)c1-c1ccc(F)cc1Br. The van der Waals surface area contributed by atoms with Crippen molar-refractivity contribution in [1.82, 2.24) is 9.78 Å². The molecular formula is C17H12BrClF3N3. The molecule has 0 radical (unpaired) electrons. The highest BCUT2D eigenvalue weighted by molar-refractivity contribution is 9.10. The Balaban J connectivity index is 2.16. The zero-order chi connectivity index (χ0) is 18.3. The van der Waals surface area contributed by atoms with Crippen LogP contribution in [0.15, 0.2) is 34.8 Å². The van der Waals surface area contributed by atoms with Crippen molar-refractivity contribution < 1.29 is 13.2 Å². The fraction of sp³-hybridized carbons (Fsp3) is 0.118. The van der Waals surface area contributed by atoms with E-state index in [2.05, 4.69) is 26.3 Å². The van der Waals surface area contributed by atoms with Crippen LogP contribution in [-0.2, 0) is 7.05 Å². The fourth-order valence-corrected chi connectivity index (χ4v) is 3.34. The third-order valence-electron chi connectivity index (χ3n) is 3.67. The number of nitrogens with zero attached hydrogens (tertiary/aromatic N) is 2. The largest absolute Gasteiger partial charge is 0.335 e. The molecule has 0 amide bonds. The monoisotopic (exact) mass is 429 g/mol. The average molecular weight is 431 g/mol. The van der Waals surface area contributed by atoms with Gasteiger partial charge in [0.25, 0.3) is 0 Å². The molecule has 1 N–H and O–H groups in total. The van der Waals surface area contributed by atoms with Crippen LogP contribution in [-0.4, -0.2) is 9.78 Å². The van der Waals surface area contributed by atoms with E-state index in [1.54, 1.807) is 20.0 Å². The average Bonchev–Trinajstić information content (AvgIpc) is 2.77. The Labute approximate surface area is 155 Å². The molecule has 0 atom stereocenters. The van der Waals surface area contributed by atoms with Crippen LogP contribution in [0.2, 0.25) is 5.02 Å². The second-order valence-corrected chi connectivity index (χ2v) is 6.72. The Hall–Kier alpha value is -1.99. The fourth-order valence-electron chi connectivity index (χ4n) is 2.60. The number of aromatic nitrogens is 2. The molecule has 0 aliphatic rings. The van der Waals surface area contributed by atoms with Crippen LogP contribution >= 0.6 is 27.5 Å². The van der Waals surface area contributed by atoms with Crippen molar-refractivity contribution in [1.29, 1.82) is 0 Å².